The molecule has 2 heterocycles. The molecule has 2 saturated heterocycles. The first-order valence-electron chi connectivity index (χ1n) is 13.3. The zero-order valence-corrected chi connectivity index (χ0v) is 25.0. The molecule has 0 radical (unpaired) electrons. The number of ether oxygens (including phenoxy) is 3. The molecule has 4 rings (SSSR count). The molecule has 0 unspecified atom stereocenters. The van der Waals surface area contributed by atoms with Crippen LogP contribution in [0.15, 0.2) is 50.8 Å². The molecule has 0 N–H and O–H groups in total. The van der Waals surface area contributed by atoms with Crippen molar-refractivity contribution in [3.05, 3.63) is 56.9 Å². The summed E-state index contributed by atoms with van der Waals surface area (Å²) in [5.74, 6) is 1.15. The van der Waals surface area contributed by atoms with Crippen LogP contribution < -0.4 is 9.47 Å². The largest absolute Gasteiger partial charge is 0.490 e. The summed E-state index contributed by atoms with van der Waals surface area (Å²) in [5, 5.41) is 0.577. The summed E-state index contributed by atoms with van der Waals surface area (Å²) < 4.78 is 17.9. The monoisotopic (exact) mass is 615 g/mol. The second kappa shape index (κ2) is 14.0. The molecule has 0 saturated carbocycles. The van der Waals surface area contributed by atoms with Gasteiger partial charge in [0.1, 0.15) is 0 Å². The van der Waals surface area contributed by atoms with Crippen LogP contribution in [0.4, 0.5) is 5.69 Å². The van der Waals surface area contributed by atoms with Gasteiger partial charge in [0.15, 0.2) is 16.7 Å². The summed E-state index contributed by atoms with van der Waals surface area (Å²) in [4.78, 5) is 35.0. The van der Waals surface area contributed by atoms with Crippen molar-refractivity contribution in [1.82, 2.24) is 9.80 Å². The van der Waals surface area contributed by atoms with Crippen molar-refractivity contribution < 1.29 is 23.8 Å². The van der Waals surface area contributed by atoms with Gasteiger partial charge in [-0.05, 0) is 89.9 Å². The Morgan fingerprint density at radius 1 is 1.15 bits per heavy atom. The van der Waals surface area contributed by atoms with E-state index in [1.807, 2.05) is 44.2 Å². The van der Waals surface area contributed by atoms with Crippen molar-refractivity contribution in [3.63, 3.8) is 0 Å². The first-order valence-corrected chi connectivity index (χ1v) is 14.9. The Morgan fingerprint density at radius 2 is 1.95 bits per heavy atom. The molecule has 39 heavy (non-hydrogen) atoms. The number of likely N-dealkylation sites (N-methyl/N-ethyl adjacent to an activating group) is 1. The lowest BCUT2D eigenvalue weighted by Gasteiger charge is -2.26. The molecule has 0 spiro atoms. The SMILES string of the molecule is CCCCOc1c(Br)cc(/C=C2/SC(=Nc3cccc(C(=O)N4CCOCC4)c3)N(CC)C2=O)cc1OCC. The lowest BCUT2D eigenvalue weighted by atomic mass is 10.1. The minimum absolute atomic E-state index is 0.0405. The third-order valence-corrected chi connectivity index (χ3v) is 7.79. The first-order chi connectivity index (χ1) is 18.9. The standard InChI is InChI=1S/C29H34BrN3O5S/c1-4-7-13-38-26-23(30)16-20(17-24(26)37-6-3)18-25-28(35)33(5-2)29(39-25)31-22-10-8-9-21(19-22)27(34)32-11-14-36-15-12-32/h8-10,16-19H,4-7,11-15H2,1-3H3/b25-18+,31-29?. The number of thioether (sulfide) groups is 1. The van der Waals surface area contributed by atoms with E-state index in [1.165, 1.54) is 11.8 Å². The third-order valence-electron chi connectivity index (χ3n) is 6.19. The van der Waals surface area contributed by atoms with Crippen molar-refractivity contribution in [2.24, 2.45) is 4.99 Å². The highest BCUT2D eigenvalue weighted by Crippen LogP contribution is 2.40. The van der Waals surface area contributed by atoms with Gasteiger partial charge in [-0.3, -0.25) is 14.5 Å². The van der Waals surface area contributed by atoms with Gasteiger partial charge in [0.25, 0.3) is 11.8 Å². The van der Waals surface area contributed by atoms with E-state index in [2.05, 4.69) is 22.9 Å². The zero-order valence-electron chi connectivity index (χ0n) is 22.6. The average Bonchev–Trinajstić information content (AvgIpc) is 3.23. The Hall–Kier alpha value is -2.82. The molecule has 0 aromatic heterocycles. The molecule has 2 amide bonds. The van der Waals surface area contributed by atoms with Crippen LogP contribution in [-0.2, 0) is 9.53 Å². The van der Waals surface area contributed by atoms with Crippen LogP contribution in [0, 0.1) is 0 Å². The molecule has 0 bridgehead atoms. The third kappa shape index (κ3) is 7.23. The summed E-state index contributed by atoms with van der Waals surface area (Å²) in [6, 6.07) is 11.0. The molecule has 0 atom stereocenters. The number of amidine groups is 1. The quantitative estimate of drug-likeness (QED) is 0.236. The number of benzene rings is 2. The second-order valence-electron chi connectivity index (χ2n) is 8.97. The zero-order chi connectivity index (χ0) is 27.8. The van der Waals surface area contributed by atoms with Crippen LogP contribution >= 0.6 is 27.7 Å². The van der Waals surface area contributed by atoms with Gasteiger partial charge in [-0.15, -0.1) is 0 Å². The van der Waals surface area contributed by atoms with E-state index >= 15 is 0 Å². The van der Waals surface area contributed by atoms with Crippen LogP contribution in [0.1, 0.15) is 49.5 Å². The molecule has 208 valence electrons. The van der Waals surface area contributed by atoms with Gasteiger partial charge in [0, 0.05) is 25.2 Å². The normalized spacial score (nSPS) is 17.8. The highest BCUT2D eigenvalue weighted by Gasteiger charge is 2.32. The Morgan fingerprint density at radius 3 is 2.67 bits per heavy atom. The number of aliphatic imine (C=N–C) groups is 1. The van der Waals surface area contributed by atoms with Gasteiger partial charge < -0.3 is 19.1 Å². The van der Waals surface area contributed by atoms with Crippen molar-refractivity contribution in [2.75, 3.05) is 46.1 Å². The minimum Gasteiger partial charge on any atom is -0.490 e. The van der Waals surface area contributed by atoms with Gasteiger partial charge in [-0.2, -0.15) is 0 Å². The van der Waals surface area contributed by atoms with Crippen molar-refractivity contribution in [1.29, 1.82) is 0 Å². The van der Waals surface area contributed by atoms with E-state index < -0.39 is 0 Å². The number of halogens is 1. The molecule has 0 aliphatic carbocycles. The number of morpholine rings is 1. The van der Waals surface area contributed by atoms with Crippen molar-refractivity contribution >= 4 is 56.4 Å². The van der Waals surface area contributed by atoms with Crippen molar-refractivity contribution in [3.8, 4) is 11.5 Å². The first kappa shape index (κ1) is 29.2. The van der Waals surface area contributed by atoms with Gasteiger partial charge >= 0.3 is 0 Å². The molecule has 10 heteroatoms. The number of hydrogen-bond donors (Lipinski definition) is 0. The van der Waals surface area contributed by atoms with E-state index in [9.17, 15) is 9.59 Å². The molecule has 2 fully saturated rings. The van der Waals surface area contributed by atoms with Crippen LogP contribution in [-0.4, -0.2) is 72.8 Å². The van der Waals surface area contributed by atoms with E-state index in [0.717, 1.165) is 22.9 Å². The molecular formula is C29H34BrN3O5S. The average molecular weight is 617 g/mol. The summed E-state index contributed by atoms with van der Waals surface area (Å²) in [6.07, 6.45) is 3.84. The molecule has 2 aliphatic heterocycles. The van der Waals surface area contributed by atoms with Crippen LogP contribution in [0.3, 0.4) is 0 Å². The molecule has 8 nitrogen and oxygen atoms in total. The molecule has 2 aromatic rings. The maximum atomic E-state index is 13.3. The predicted molar refractivity (Wildman–Crippen MR) is 159 cm³/mol. The molecule has 2 aromatic carbocycles. The summed E-state index contributed by atoms with van der Waals surface area (Å²) in [6.45, 7) is 9.79. The second-order valence-corrected chi connectivity index (χ2v) is 10.8. The smallest absolute Gasteiger partial charge is 0.266 e. The number of nitrogens with zero attached hydrogens (tertiary/aromatic N) is 3. The van der Waals surface area contributed by atoms with E-state index in [-0.39, 0.29) is 11.8 Å². The van der Waals surface area contributed by atoms with Crippen LogP contribution in [0.5, 0.6) is 11.5 Å². The number of rotatable bonds is 10. The van der Waals surface area contributed by atoms with Crippen molar-refractivity contribution in [2.45, 2.75) is 33.6 Å². The Bertz CT molecular complexity index is 1260. The topological polar surface area (TPSA) is 80.7 Å². The lowest BCUT2D eigenvalue weighted by Crippen LogP contribution is -2.40. The maximum absolute atomic E-state index is 13.3. The van der Waals surface area contributed by atoms with E-state index in [4.69, 9.17) is 19.2 Å². The van der Waals surface area contributed by atoms with Gasteiger partial charge in [0.2, 0.25) is 0 Å². The number of hydrogen-bond acceptors (Lipinski definition) is 7. The lowest BCUT2D eigenvalue weighted by molar-refractivity contribution is -0.122. The van der Waals surface area contributed by atoms with E-state index in [0.29, 0.717) is 78.9 Å². The number of carbonyl (C=O) groups is 2. The molecular weight excluding hydrogens is 582 g/mol. The Kier molecular flexibility index (Phi) is 10.5. The van der Waals surface area contributed by atoms with Gasteiger partial charge in [-0.25, -0.2) is 4.99 Å². The maximum Gasteiger partial charge on any atom is 0.266 e. The highest BCUT2D eigenvalue weighted by molar-refractivity contribution is 9.10. The Labute approximate surface area is 242 Å². The highest BCUT2D eigenvalue weighted by atomic mass is 79.9. The fourth-order valence-electron chi connectivity index (χ4n) is 4.18. The predicted octanol–water partition coefficient (Wildman–Crippen LogP) is 6.12. The Balaban J connectivity index is 1.58. The number of carbonyl (C=O) groups excluding carboxylic acids is 2. The summed E-state index contributed by atoms with van der Waals surface area (Å²) >= 11 is 4.93. The van der Waals surface area contributed by atoms with E-state index in [1.54, 1.807) is 21.9 Å². The van der Waals surface area contributed by atoms with Crippen LogP contribution in [0.25, 0.3) is 6.08 Å². The summed E-state index contributed by atoms with van der Waals surface area (Å²) in [5.41, 5.74) is 2.01. The molecule has 2 aliphatic rings. The minimum atomic E-state index is -0.112. The summed E-state index contributed by atoms with van der Waals surface area (Å²) in [7, 11) is 0. The van der Waals surface area contributed by atoms with Gasteiger partial charge in [0.05, 0.1) is 41.5 Å². The number of amides is 2. The fourth-order valence-corrected chi connectivity index (χ4v) is 5.82. The van der Waals surface area contributed by atoms with Gasteiger partial charge in [-0.1, -0.05) is 19.4 Å². The fraction of sp³-hybridized carbons (Fsp3) is 0.414. The van der Waals surface area contributed by atoms with Crippen LogP contribution in [0.2, 0.25) is 0 Å². The number of unbranched alkanes of at least 4 members (excludes halogenated alkanes) is 1.